The molecule has 2 fully saturated rings. The maximum Gasteiger partial charge on any atom is 0.290 e. The molecule has 1 aromatic heterocycles. The van der Waals surface area contributed by atoms with Crippen molar-refractivity contribution in [1.29, 1.82) is 0 Å². The predicted octanol–water partition coefficient (Wildman–Crippen LogP) is 3.64. The Bertz CT molecular complexity index is 1410. The minimum Gasteiger partial charge on any atom is -0.483 e. The van der Waals surface area contributed by atoms with Crippen LogP contribution in [-0.4, -0.2) is 58.0 Å². The molecule has 6 rings (SSSR count). The van der Waals surface area contributed by atoms with Gasteiger partial charge < -0.3 is 16.2 Å². The summed E-state index contributed by atoms with van der Waals surface area (Å²) in [5.74, 6) is -1.31. The number of halogens is 2. The number of rotatable bonds is 4. The number of anilines is 1. The summed E-state index contributed by atoms with van der Waals surface area (Å²) in [7, 11) is 0. The smallest absolute Gasteiger partial charge is 0.290 e. The molecule has 3 aliphatic rings. The van der Waals surface area contributed by atoms with Crippen LogP contribution < -0.4 is 11.1 Å². The van der Waals surface area contributed by atoms with Gasteiger partial charge in [0.25, 0.3) is 12.4 Å². The van der Waals surface area contributed by atoms with E-state index in [1.165, 1.54) is 18.1 Å². The van der Waals surface area contributed by atoms with Gasteiger partial charge in [0, 0.05) is 42.2 Å². The van der Waals surface area contributed by atoms with E-state index in [9.17, 15) is 13.6 Å². The van der Waals surface area contributed by atoms with Crippen LogP contribution in [0.2, 0.25) is 0 Å². The van der Waals surface area contributed by atoms with Crippen molar-refractivity contribution in [2.45, 2.75) is 38.1 Å². The molecule has 1 amide bonds. The number of fused-ring (bicyclic) bond motifs is 2. The molecule has 1 saturated heterocycles. The molecule has 1 saturated carbocycles. The van der Waals surface area contributed by atoms with Gasteiger partial charge in [-0.1, -0.05) is 24.3 Å². The molecule has 2 aliphatic heterocycles. The van der Waals surface area contributed by atoms with E-state index in [1.807, 2.05) is 12.1 Å². The first-order chi connectivity index (χ1) is 18.2. The van der Waals surface area contributed by atoms with E-state index in [4.69, 9.17) is 15.6 Å². The highest BCUT2D eigenvalue weighted by molar-refractivity contribution is 5.97. The number of likely N-dealkylation sites (tertiary alicyclic amines) is 1. The molecule has 0 unspecified atom stereocenters. The van der Waals surface area contributed by atoms with E-state index in [1.54, 1.807) is 6.07 Å². The van der Waals surface area contributed by atoms with Crippen molar-refractivity contribution in [3.05, 3.63) is 64.9 Å². The van der Waals surface area contributed by atoms with Crippen LogP contribution in [0.5, 0.6) is 0 Å². The van der Waals surface area contributed by atoms with E-state index in [0.717, 1.165) is 13.1 Å². The number of amides is 1. The average Bonchev–Trinajstić information content (AvgIpc) is 3.44. The van der Waals surface area contributed by atoms with Gasteiger partial charge >= 0.3 is 0 Å². The van der Waals surface area contributed by atoms with Gasteiger partial charge in [0.15, 0.2) is 5.82 Å². The van der Waals surface area contributed by atoms with Crippen LogP contribution in [0, 0.1) is 17.7 Å². The second-order valence-corrected chi connectivity index (χ2v) is 10.4. The first-order valence-electron chi connectivity index (χ1n) is 12.5. The predicted molar refractivity (Wildman–Crippen MR) is 138 cm³/mol. The van der Waals surface area contributed by atoms with Gasteiger partial charge in [0.2, 0.25) is 5.95 Å². The normalized spacial score (nSPS) is 21.7. The van der Waals surface area contributed by atoms with Gasteiger partial charge in [-0.3, -0.25) is 14.5 Å². The van der Waals surface area contributed by atoms with E-state index in [0.29, 0.717) is 41.6 Å². The number of carbonyl (C=O) groups excluding carboxylic acids is 1. The van der Waals surface area contributed by atoms with Gasteiger partial charge in [0.1, 0.15) is 17.2 Å². The Morgan fingerprint density at radius 3 is 2.53 bits per heavy atom. The Kier molecular flexibility index (Phi) is 6.60. The lowest BCUT2D eigenvalue weighted by molar-refractivity contribution is -0.122. The number of nitrogens with one attached hydrogen (secondary N) is 1. The lowest BCUT2D eigenvalue weighted by Crippen LogP contribution is -2.32. The molecule has 10 heteroatoms. The minimum atomic E-state index is -0.772. The van der Waals surface area contributed by atoms with Gasteiger partial charge in [-0.2, -0.15) is 9.37 Å². The number of nitrogens with zero attached hydrogens (tertiary/aromatic N) is 3. The summed E-state index contributed by atoms with van der Waals surface area (Å²) in [6.07, 6.45) is 1.68. The first-order valence-corrected chi connectivity index (χ1v) is 12.5. The van der Waals surface area contributed by atoms with Crippen molar-refractivity contribution in [3.63, 3.8) is 0 Å². The maximum absolute atomic E-state index is 14.9. The number of carbonyl (C=O) groups is 2. The summed E-state index contributed by atoms with van der Waals surface area (Å²) < 4.78 is 29.7. The Balaban J connectivity index is 0.000000937. The SMILES string of the molecule is CC(C)N1C[C@H]2C[C@@]2(c2ccc(-c3nc(-c4cc(F)c5c(c4)CCNC5=O)c(N)nc3F)cc2)C1.O=CO. The van der Waals surface area contributed by atoms with Crippen molar-refractivity contribution < 1.29 is 23.5 Å². The fourth-order valence-corrected chi connectivity index (χ4v) is 5.80. The highest BCUT2D eigenvalue weighted by Crippen LogP contribution is 2.59. The molecule has 3 aromatic rings. The quantitative estimate of drug-likeness (QED) is 0.448. The fourth-order valence-electron chi connectivity index (χ4n) is 5.80. The van der Waals surface area contributed by atoms with Gasteiger partial charge in [-0.25, -0.2) is 9.37 Å². The molecular weight excluding hydrogens is 492 g/mol. The third-order valence-corrected chi connectivity index (χ3v) is 7.87. The molecule has 3 heterocycles. The topological polar surface area (TPSA) is 121 Å². The lowest BCUT2D eigenvalue weighted by atomic mass is 9.93. The molecule has 8 nitrogen and oxygen atoms in total. The largest absolute Gasteiger partial charge is 0.483 e. The van der Waals surface area contributed by atoms with Crippen molar-refractivity contribution in [1.82, 2.24) is 20.2 Å². The number of hydrogen-bond acceptors (Lipinski definition) is 6. The average molecular weight is 522 g/mol. The summed E-state index contributed by atoms with van der Waals surface area (Å²) in [5.41, 5.74) is 9.30. The van der Waals surface area contributed by atoms with Crippen LogP contribution in [-0.2, 0) is 16.6 Å². The van der Waals surface area contributed by atoms with E-state index in [-0.39, 0.29) is 34.7 Å². The zero-order chi connectivity index (χ0) is 27.2. The molecule has 2 aromatic carbocycles. The molecule has 198 valence electrons. The van der Waals surface area contributed by atoms with Gasteiger partial charge in [-0.05, 0) is 55.9 Å². The maximum atomic E-state index is 14.9. The van der Waals surface area contributed by atoms with Crippen LogP contribution in [0.25, 0.3) is 22.5 Å². The van der Waals surface area contributed by atoms with Crippen LogP contribution >= 0.6 is 0 Å². The zero-order valence-electron chi connectivity index (χ0n) is 21.2. The van der Waals surface area contributed by atoms with Gasteiger partial charge in [-0.15, -0.1) is 0 Å². The third-order valence-electron chi connectivity index (χ3n) is 7.87. The highest BCUT2D eigenvalue weighted by atomic mass is 19.1. The zero-order valence-corrected chi connectivity index (χ0v) is 21.2. The lowest BCUT2D eigenvalue weighted by Gasteiger charge is -2.24. The molecule has 0 spiro atoms. The number of carboxylic acid groups (broad SMARTS) is 1. The van der Waals surface area contributed by atoms with Crippen LogP contribution in [0.4, 0.5) is 14.6 Å². The first kappa shape index (κ1) is 25.7. The summed E-state index contributed by atoms with van der Waals surface area (Å²) in [6.45, 7) is 6.81. The number of nitrogen functional groups attached to an aromatic ring is 1. The number of piperidine rings is 1. The molecular formula is C28H29F2N5O3. The monoisotopic (exact) mass is 521 g/mol. The van der Waals surface area contributed by atoms with Crippen molar-refractivity contribution >= 4 is 18.2 Å². The molecule has 0 radical (unpaired) electrons. The Morgan fingerprint density at radius 2 is 1.87 bits per heavy atom. The van der Waals surface area contributed by atoms with Crippen LogP contribution in [0.3, 0.4) is 0 Å². The second kappa shape index (κ2) is 9.75. The second-order valence-electron chi connectivity index (χ2n) is 10.4. The van der Waals surface area contributed by atoms with Crippen molar-refractivity contribution in [2.75, 3.05) is 25.4 Å². The van der Waals surface area contributed by atoms with Crippen LogP contribution in [0.1, 0.15) is 41.8 Å². The highest BCUT2D eigenvalue weighted by Gasteiger charge is 2.60. The Hall–Kier alpha value is -3.92. The van der Waals surface area contributed by atoms with Gasteiger partial charge in [0.05, 0.1) is 5.56 Å². The van der Waals surface area contributed by atoms with E-state index < -0.39 is 17.7 Å². The molecule has 0 bridgehead atoms. The van der Waals surface area contributed by atoms with Crippen molar-refractivity contribution in [3.8, 4) is 22.5 Å². The summed E-state index contributed by atoms with van der Waals surface area (Å²) in [5, 5.41) is 9.53. The minimum absolute atomic E-state index is 0.0326. The standard InChI is InChI=1S/C27H27F2N5O.CH2O2/c1-14(2)34-12-19-11-27(19,13-34)18-5-3-15(4-6-18)22-24(29)33-25(30)23(32-22)17-9-16-7-8-31-26(35)21(16)20(28)10-17;2-1-3/h3-6,9-10,14,19H,7-8,11-13H2,1-2H3,(H2,30,33)(H,31,35);1H,(H,2,3)/t19-,27+;/m1./s1. The van der Waals surface area contributed by atoms with Crippen LogP contribution in [0.15, 0.2) is 36.4 Å². The van der Waals surface area contributed by atoms with E-state index in [2.05, 4.69) is 46.2 Å². The summed E-state index contributed by atoms with van der Waals surface area (Å²) in [6, 6.07) is 11.3. The number of benzene rings is 2. The molecule has 2 atom stereocenters. The Morgan fingerprint density at radius 1 is 1.16 bits per heavy atom. The van der Waals surface area contributed by atoms with Crippen molar-refractivity contribution in [2.24, 2.45) is 5.92 Å². The molecule has 4 N–H and O–H groups in total. The Labute approximate surface area is 218 Å². The number of nitrogens with two attached hydrogens (primary N) is 1. The number of aromatic nitrogens is 2. The number of hydrogen-bond donors (Lipinski definition) is 3. The third kappa shape index (κ3) is 4.38. The summed E-state index contributed by atoms with van der Waals surface area (Å²) in [4.78, 5) is 31.3. The summed E-state index contributed by atoms with van der Waals surface area (Å²) >= 11 is 0. The fraction of sp³-hybridized carbons (Fsp3) is 0.357. The molecule has 38 heavy (non-hydrogen) atoms. The van der Waals surface area contributed by atoms with E-state index >= 15 is 0 Å². The molecule has 1 aliphatic carbocycles.